The predicted molar refractivity (Wildman–Crippen MR) is 98.3 cm³/mol. The van der Waals surface area contributed by atoms with Crippen molar-refractivity contribution >= 4 is 7.82 Å². The first-order valence-electron chi connectivity index (χ1n) is 8.79. The minimum absolute atomic E-state index is 0. The summed E-state index contributed by atoms with van der Waals surface area (Å²) in [5.41, 5.74) is 0.519. The molecule has 0 saturated carbocycles. The molecule has 24 heavy (non-hydrogen) atoms. The van der Waals surface area contributed by atoms with Crippen molar-refractivity contribution < 1.29 is 71.7 Å². The molecule has 0 aromatic carbocycles. The minimum atomic E-state index is -4.39. The zero-order valence-electron chi connectivity index (χ0n) is 18.4. The molecule has 0 heterocycles. The third-order valence-electron chi connectivity index (χ3n) is 4.19. The Hall–Kier alpha value is 1.75. The normalized spacial score (nSPS) is 17.1. The Morgan fingerprint density at radius 2 is 1.42 bits per heavy atom. The first-order valence-corrected chi connectivity index (χ1v) is 10.3. The number of phosphoric acid groups is 1. The summed E-state index contributed by atoms with van der Waals surface area (Å²) in [5, 5.41) is 0. The second kappa shape index (κ2) is 11.6. The van der Waals surface area contributed by atoms with E-state index < -0.39 is 7.82 Å². The summed E-state index contributed by atoms with van der Waals surface area (Å²) < 4.78 is 15.9. The molecule has 0 rings (SSSR count). The van der Waals surface area contributed by atoms with Gasteiger partial charge in [0.15, 0.2) is 0 Å². The van der Waals surface area contributed by atoms with Crippen LogP contribution in [0.2, 0.25) is 0 Å². The van der Waals surface area contributed by atoms with Crippen molar-refractivity contribution in [3.8, 4) is 0 Å². The van der Waals surface area contributed by atoms with Crippen molar-refractivity contribution in [1.29, 1.82) is 0 Å². The monoisotopic (exact) mass is 390 g/mol. The van der Waals surface area contributed by atoms with Crippen molar-refractivity contribution in [3.63, 3.8) is 0 Å². The van der Waals surface area contributed by atoms with Crippen LogP contribution in [0, 0.1) is 28.6 Å². The average Bonchev–Trinajstić information content (AvgIpc) is 2.21. The molecule has 0 fully saturated rings. The first kappa shape index (κ1) is 28.0. The van der Waals surface area contributed by atoms with Gasteiger partial charge in [0.2, 0.25) is 0 Å². The Labute approximate surface area is 194 Å². The van der Waals surface area contributed by atoms with E-state index in [1.807, 2.05) is 0 Å². The van der Waals surface area contributed by atoms with Crippen molar-refractivity contribution in [3.05, 3.63) is 0 Å². The van der Waals surface area contributed by atoms with Gasteiger partial charge in [-0.1, -0.05) is 61.8 Å². The van der Waals surface area contributed by atoms with Crippen molar-refractivity contribution in [2.24, 2.45) is 28.6 Å². The third-order valence-corrected chi connectivity index (χ3v) is 4.67. The fourth-order valence-corrected chi connectivity index (χ4v) is 3.89. The standard InChI is InChI=1S/C18H39O4P.K.H/c1-14(11-17(3,4)5)9-10-16(13-22-23(19,20)21)15(2)12-18(6,7)8;;/h14-16H,9-13H2,1-8H3,(H2,19,20,21);;/q;+1;-1. The Morgan fingerprint density at radius 1 is 0.958 bits per heavy atom. The van der Waals surface area contributed by atoms with Gasteiger partial charge in [-0.15, -0.1) is 0 Å². The largest absolute Gasteiger partial charge is 1.00 e. The Morgan fingerprint density at radius 3 is 1.79 bits per heavy atom. The van der Waals surface area contributed by atoms with E-state index in [4.69, 9.17) is 14.3 Å². The smallest absolute Gasteiger partial charge is 1.00 e. The van der Waals surface area contributed by atoms with Crippen LogP contribution >= 0.6 is 7.82 Å². The van der Waals surface area contributed by atoms with Crippen molar-refractivity contribution in [1.82, 2.24) is 0 Å². The van der Waals surface area contributed by atoms with Crippen LogP contribution in [0.15, 0.2) is 0 Å². The SMILES string of the molecule is CC(CCC(COP(=O)(O)O)C(C)CC(C)(C)C)CC(C)(C)C.[H-].[K+]. The molecule has 0 radical (unpaired) electrons. The summed E-state index contributed by atoms with van der Waals surface area (Å²) in [7, 11) is -4.39. The van der Waals surface area contributed by atoms with E-state index >= 15 is 0 Å². The Balaban J connectivity index is -0.00000242. The molecule has 3 unspecified atom stereocenters. The van der Waals surface area contributed by atoms with E-state index in [0.29, 0.717) is 17.3 Å². The van der Waals surface area contributed by atoms with Crippen molar-refractivity contribution in [2.45, 2.75) is 81.1 Å². The fourth-order valence-electron chi connectivity index (χ4n) is 3.50. The molecule has 0 spiro atoms. The number of rotatable bonds is 9. The summed E-state index contributed by atoms with van der Waals surface area (Å²) in [5.74, 6) is 1.17. The molecular weight excluding hydrogens is 350 g/mol. The van der Waals surface area contributed by atoms with Gasteiger partial charge in [0, 0.05) is 0 Å². The van der Waals surface area contributed by atoms with E-state index in [9.17, 15) is 4.57 Å². The number of hydrogen-bond acceptors (Lipinski definition) is 2. The predicted octanol–water partition coefficient (Wildman–Crippen LogP) is 2.75. The van der Waals surface area contributed by atoms with Gasteiger partial charge in [-0.3, -0.25) is 4.52 Å². The Bertz CT molecular complexity index is 388. The maximum absolute atomic E-state index is 11.0. The van der Waals surface area contributed by atoms with Crippen LogP contribution in [0.25, 0.3) is 0 Å². The summed E-state index contributed by atoms with van der Waals surface area (Å²) in [6, 6.07) is 0. The summed E-state index contributed by atoms with van der Waals surface area (Å²) in [4.78, 5) is 18.0. The molecular formula is C18H40KO4P. The van der Waals surface area contributed by atoms with E-state index in [1.165, 1.54) is 0 Å². The molecule has 2 N–H and O–H groups in total. The van der Waals surface area contributed by atoms with Crippen LogP contribution in [-0.2, 0) is 9.09 Å². The summed E-state index contributed by atoms with van der Waals surface area (Å²) >= 11 is 0. The van der Waals surface area contributed by atoms with Gasteiger partial charge < -0.3 is 11.2 Å². The molecule has 6 heteroatoms. The minimum Gasteiger partial charge on any atom is -1.00 e. The van der Waals surface area contributed by atoms with Gasteiger partial charge >= 0.3 is 59.2 Å². The molecule has 0 aliphatic carbocycles. The van der Waals surface area contributed by atoms with Gasteiger partial charge in [0.25, 0.3) is 0 Å². The second-order valence-electron chi connectivity index (χ2n) is 9.74. The number of phosphoric ester groups is 1. The molecule has 0 aromatic rings. The van der Waals surface area contributed by atoms with Crippen molar-refractivity contribution in [2.75, 3.05) is 6.61 Å². The van der Waals surface area contributed by atoms with Crippen LogP contribution < -0.4 is 51.4 Å². The summed E-state index contributed by atoms with van der Waals surface area (Å²) in [6.07, 6.45) is 4.21. The van der Waals surface area contributed by atoms with Gasteiger partial charge in [0.1, 0.15) is 0 Å². The molecule has 0 bridgehead atoms. The van der Waals surface area contributed by atoms with Gasteiger partial charge in [-0.2, -0.15) is 0 Å². The van der Waals surface area contributed by atoms with E-state index in [1.54, 1.807) is 0 Å². The van der Waals surface area contributed by atoms with Gasteiger partial charge in [-0.05, 0) is 47.8 Å². The molecule has 0 aromatic heterocycles. The average molecular weight is 391 g/mol. The Kier molecular flexibility index (Phi) is 13.5. The van der Waals surface area contributed by atoms with Crippen LogP contribution in [0.4, 0.5) is 0 Å². The maximum atomic E-state index is 11.0. The maximum Gasteiger partial charge on any atom is 1.00 e. The van der Waals surface area contributed by atoms with E-state index in [0.717, 1.165) is 25.7 Å². The molecule has 4 nitrogen and oxygen atoms in total. The quantitative estimate of drug-likeness (QED) is 0.469. The fraction of sp³-hybridized carbons (Fsp3) is 1.00. The topological polar surface area (TPSA) is 66.8 Å². The van der Waals surface area contributed by atoms with Crippen LogP contribution in [0.3, 0.4) is 0 Å². The zero-order chi connectivity index (χ0) is 18.5. The first-order chi connectivity index (χ1) is 10.1. The molecule has 0 amide bonds. The van der Waals surface area contributed by atoms with Gasteiger partial charge in [0.05, 0.1) is 6.61 Å². The van der Waals surface area contributed by atoms with E-state index in [-0.39, 0.29) is 70.8 Å². The second-order valence-corrected chi connectivity index (χ2v) is 11.0. The van der Waals surface area contributed by atoms with Crippen LogP contribution in [0.1, 0.15) is 82.5 Å². The summed E-state index contributed by atoms with van der Waals surface area (Å²) in [6.45, 7) is 17.9. The molecule has 3 atom stereocenters. The van der Waals surface area contributed by atoms with E-state index in [2.05, 4.69) is 55.4 Å². The third kappa shape index (κ3) is 17.2. The molecule has 0 aliphatic rings. The number of hydrogen-bond donors (Lipinski definition) is 2. The molecule has 142 valence electrons. The van der Waals surface area contributed by atoms with Crippen LogP contribution in [0.5, 0.6) is 0 Å². The zero-order valence-corrected chi connectivity index (χ0v) is 21.4. The van der Waals surface area contributed by atoms with Crippen LogP contribution in [-0.4, -0.2) is 16.4 Å². The molecule has 0 saturated heterocycles. The molecule has 0 aliphatic heterocycles. The van der Waals surface area contributed by atoms with Gasteiger partial charge in [-0.25, -0.2) is 4.57 Å².